The van der Waals surface area contributed by atoms with Crippen molar-refractivity contribution in [3.8, 4) is 0 Å². The zero-order valence-corrected chi connectivity index (χ0v) is 11.1. The van der Waals surface area contributed by atoms with Crippen molar-refractivity contribution in [3.63, 3.8) is 0 Å². The molecule has 0 aliphatic carbocycles. The van der Waals surface area contributed by atoms with Crippen molar-refractivity contribution in [2.45, 2.75) is 42.5 Å². The summed E-state index contributed by atoms with van der Waals surface area (Å²) in [4.78, 5) is 0. The van der Waals surface area contributed by atoms with Crippen LogP contribution in [0.2, 0.25) is 0 Å². The molecule has 0 heterocycles. The van der Waals surface area contributed by atoms with E-state index in [0.717, 1.165) is 6.92 Å². The van der Waals surface area contributed by atoms with E-state index in [0.29, 0.717) is 0 Å². The van der Waals surface area contributed by atoms with Crippen molar-refractivity contribution in [1.82, 2.24) is 0 Å². The Kier molecular flexibility index (Phi) is 5.43. The maximum Gasteiger partial charge on any atom is 0.460 e. The molecular formula is C8H6F13P. The molecule has 0 rings (SSSR count). The third kappa shape index (κ3) is 2.84. The molecule has 0 aromatic heterocycles. The highest BCUT2D eigenvalue weighted by Crippen LogP contribution is 2.62. The Morgan fingerprint density at radius 1 is 0.545 bits per heavy atom. The molecule has 0 aliphatic rings. The molecule has 22 heavy (non-hydrogen) atoms. The van der Waals surface area contributed by atoms with Crippen LogP contribution >= 0.6 is 8.58 Å². The molecule has 0 aliphatic heterocycles. The van der Waals surface area contributed by atoms with Gasteiger partial charge in [0.2, 0.25) is 0 Å². The molecule has 0 fully saturated rings. The molecule has 0 saturated carbocycles. The molecule has 1 atom stereocenters. The van der Waals surface area contributed by atoms with Crippen molar-refractivity contribution in [1.29, 1.82) is 0 Å². The summed E-state index contributed by atoms with van der Waals surface area (Å²) < 4.78 is 162. The van der Waals surface area contributed by atoms with Crippen LogP contribution in [0.25, 0.3) is 0 Å². The Labute approximate surface area is 115 Å². The van der Waals surface area contributed by atoms with Gasteiger partial charge >= 0.3 is 35.5 Å². The Morgan fingerprint density at radius 2 is 0.864 bits per heavy atom. The fourth-order valence-corrected chi connectivity index (χ4v) is 1.93. The predicted octanol–water partition coefficient (Wildman–Crippen LogP) is 5.38. The van der Waals surface area contributed by atoms with E-state index in [9.17, 15) is 57.1 Å². The first-order chi connectivity index (χ1) is 9.31. The predicted molar refractivity (Wildman–Crippen MR) is 49.6 cm³/mol. The van der Waals surface area contributed by atoms with E-state index < -0.39 is 50.3 Å². The molecule has 0 nitrogen and oxygen atoms in total. The Bertz CT molecular complexity index is 395. The number of hydrogen-bond donors (Lipinski definition) is 0. The molecule has 0 aromatic rings. The van der Waals surface area contributed by atoms with Gasteiger partial charge in [0.15, 0.2) is 0 Å². The summed E-state index contributed by atoms with van der Waals surface area (Å²) in [5.41, 5.74) is -5.91. The van der Waals surface area contributed by atoms with E-state index in [1.54, 1.807) is 0 Å². The molecule has 0 amide bonds. The second kappa shape index (κ2) is 5.55. The number of hydrogen-bond acceptors (Lipinski definition) is 0. The van der Waals surface area contributed by atoms with Gasteiger partial charge in [-0.3, -0.25) is 0 Å². The summed E-state index contributed by atoms with van der Waals surface area (Å²) in [6, 6.07) is 0. The highest BCUT2D eigenvalue weighted by Gasteiger charge is 2.90. The summed E-state index contributed by atoms with van der Waals surface area (Å²) in [7, 11) is -2.41. The zero-order valence-electron chi connectivity index (χ0n) is 10.1. The van der Waals surface area contributed by atoms with Gasteiger partial charge in [0.05, 0.1) is 0 Å². The quantitative estimate of drug-likeness (QED) is 0.429. The van der Waals surface area contributed by atoms with Gasteiger partial charge in [0.1, 0.15) is 0 Å². The third-order valence-electron chi connectivity index (χ3n) is 2.33. The Morgan fingerprint density at radius 3 is 1.14 bits per heavy atom. The molecule has 0 aromatic carbocycles. The minimum Gasteiger partial charge on any atom is -0.195 e. The second-order valence-corrected chi connectivity index (χ2v) is 5.59. The van der Waals surface area contributed by atoms with E-state index in [4.69, 9.17) is 0 Å². The molecule has 1 unspecified atom stereocenters. The smallest absolute Gasteiger partial charge is 0.195 e. The van der Waals surface area contributed by atoms with Crippen molar-refractivity contribution in [3.05, 3.63) is 0 Å². The van der Waals surface area contributed by atoms with E-state index in [2.05, 4.69) is 0 Å². The van der Waals surface area contributed by atoms with Gasteiger partial charge in [-0.25, -0.2) is 0 Å². The fraction of sp³-hybridized carbons (Fsp3) is 1.00. The normalized spacial score (nSPS) is 16.6. The summed E-state index contributed by atoms with van der Waals surface area (Å²) in [5.74, 6) is -30.3. The summed E-state index contributed by atoms with van der Waals surface area (Å²) in [6.45, 7) is 0.753. The van der Waals surface area contributed by atoms with Crippen molar-refractivity contribution in [2.24, 2.45) is 0 Å². The molecule has 134 valence electrons. The lowest BCUT2D eigenvalue weighted by Gasteiger charge is -2.39. The third-order valence-corrected chi connectivity index (χ3v) is 3.44. The molecule has 0 saturated heterocycles. The van der Waals surface area contributed by atoms with Crippen LogP contribution in [0, 0.1) is 0 Å². The lowest BCUT2D eigenvalue weighted by Crippen LogP contribution is -2.69. The van der Waals surface area contributed by atoms with Crippen LogP contribution < -0.4 is 0 Å². The van der Waals surface area contributed by atoms with Crippen LogP contribution in [0.3, 0.4) is 0 Å². The van der Waals surface area contributed by atoms with Crippen LogP contribution in [0.5, 0.6) is 0 Å². The number of halogens is 13. The van der Waals surface area contributed by atoms with Crippen molar-refractivity contribution in [2.75, 3.05) is 6.16 Å². The standard InChI is InChI=1S/C8H6F13P/c1-2-22-8(20,21)6(15,16)4(11,12)3(9,10)5(13,14)7(17,18)19/h22H,2H2,1H3. The average Bonchev–Trinajstić information content (AvgIpc) is 2.26. The monoisotopic (exact) mass is 380 g/mol. The van der Waals surface area contributed by atoms with E-state index in [1.165, 1.54) is 0 Å². The highest BCUT2D eigenvalue weighted by atomic mass is 31.1. The molecule has 14 heteroatoms. The second-order valence-electron chi connectivity index (χ2n) is 3.90. The first-order valence-corrected chi connectivity index (χ1v) is 6.22. The van der Waals surface area contributed by atoms with Gasteiger partial charge in [-0.2, -0.15) is 57.1 Å². The van der Waals surface area contributed by atoms with Gasteiger partial charge in [0, 0.05) is 0 Å². The van der Waals surface area contributed by atoms with Gasteiger partial charge in [-0.1, -0.05) is 6.92 Å². The Hall–Kier alpha value is -0.480. The molecule has 0 bridgehead atoms. The molecular weight excluding hydrogens is 374 g/mol. The first kappa shape index (κ1) is 21.5. The minimum atomic E-state index is -7.80. The van der Waals surface area contributed by atoms with Crippen molar-refractivity contribution >= 4 is 8.58 Å². The maximum absolute atomic E-state index is 12.9. The number of alkyl halides is 13. The zero-order chi connectivity index (χ0) is 18.4. The topological polar surface area (TPSA) is 0 Å². The molecule has 0 spiro atoms. The van der Waals surface area contributed by atoms with Crippen LogP contribution in [0.4, 0.5) is 57.1 Å². The highest BCUT2D eigenvalue weighted by molar-refractivity contribution is 7.39. The van der Waals surface area contributed by atoms with Crippen LogP contribution in [-0.4, -0.2) is 41.7 Å². The largest absolute Gasteiger partial charge is 0.460 e. The van der Waals surface area contributed by atoms with Crippen molar-refractivity contribution < 1.29 is 57.1 Å². The lowest BCUT2D eigenvalue weighted by atomic mass is 9.98. The van der Waals surface area contributed by atoms with Gasteiger partial charge in [0.25, 0.3) is 0 Å². The van der Waals surface area contributed by atoms with Gasteiger partial charge < -0.3 is 0 Å². The van der Waals surface area contributed by atoms with E-state index in [-0.39, 0.29) is 0 Å². The molecule has 0 N–H and O–H groups in total. The van der Waals surface area contributed by atoms with Crippen LogP contribution in [0.1, 0.15) is 6.92 Å². The molecule has 0 radical (unpaired) electrons. The summed E-state index contributed by atoms with van der Waals surface area (Å²) in [5, 5.41) is 0. The van der Waals surface area contributed by atoms with E-state index >= 15 is 0 Å². The van der Waals surface area contributed by atoms with Crippen LogP contribution in [0.15, 0.2) is 0 Å². The lowest BCUT2D eigenvalue weighted by molar-refractivity contribution is -0.433. The summed E-state index contributed by atoms with van der Waals surface area (Å²) >= 11 is 0. The van der Waals surface area contributed by atoms with Gasteiger partial charge in [-0.05, 0) is 14.7 Å². The Balaban J connectivity index is 6.11. The first-order valence-electron chi connectivity index (χ1n) is 5.02. The number of rotatable bonds is 6. The van der Waals surface area contributed by atoms with E-state index in [1.807, 2.05) is 0 Å². The van der Waals surface area contributed by atoms with Crippen LogP contribution in [-0.2, 0) is 0 Å². The minimum absolute atomic E-state index is 0.753. The summed E-state index contributed by atoms with van der Waals surface area (Å²) in [6.07, 6.45) is -8.29. The fourth-order valence-electron chi connectivity index (χ4n) is 1.10. The average molecular weight is 380 g/mol. The van der Waals surface area contributed by atoms with Gasteiger partial charge in [-0.15, -0.1) is 0 Å². The SMILES string of the molecule is CCPC(F)(F)C(F)(F)C(F)(F)C(F)(F)C(F)(F)C(F)(F)F. The maximum atomic E-state index is 12.9.